The van der Waals surface area contributed by atoms with Gasteiger partial charge < -0.3 is 9.88 Å². The average Bonchev–Trinajstić information content (AvgIpc) is 3.22. The van der Waals surface area contributed by atoms with E-state index in [-0.39, 0.29) is 11.9 Å². The number of hydrogen-bond acceptors (Lipinski definition) is 2. The van der Waals surface area contributed by atoms with E-state index in [0.29, 0.717) is 6.42 Å². The van der Waals surface area contributed by atoms with Gasteiger partial charge in [0.15, 0.2) is 0 Å². The molecular formula is C20H24N4O. The minimum absolute atomic E-state index is 0.221. The number of aromatic amines is 1. The zero-order valence-electron chi connectivity index (χ0n) is 14.6. The highest BCUT2D eigenvalue weighted by atomic mass is 16.2. The topological polar surface area (TPSA) is 53.9 Å². The molecule has 0 radical (unpaired) electrons. The molecule has 25 heavy (non-hydrogen) atoms. The molecular weight excluding hydrogens is 312 g/mol. The van der Waals surface area contributed by atoms with Crippen molar-refractivity contribution >= 4 is 16.8 Å². The summed E-state index contributed by atoms with van der Waals surface area (Å²) in [5.41, 5.74) is 3.33. The summed E-state index contributed by atoms with van der Waals surface area (Å²) in [5, 5.41) is 5.54. The highest BCUT2D eigenvalue weighted by Gasteiger charge is 2.27. The first-order chi connectivity index (χ1) is 12.2. The first-order valence-corrected chi connectivity index (χ1v) is 9.04. The van der Waals surface area contributed by atoms with Gasteiger partial charge in [-0.1, -0.05) is 18.2 Å². The fourth-order valence-corrected chi connectivity index (χ4v) is 3.84. The van der Waals surface area contributed by atoms with Crippen molar-refractivity contribution in [1.29, 1.82) is 0 Å². The Labute approximate surface area is 147 Å². The second-order valence-electron chi connectivity index (χ2n) is 7.01. The number of nitrogens with one attached hydrogen (secondary N) is 1. The molecule has 4 rings (SSSR count). The van der Waals surface area contributed by atoms with Gasteiger partial charge in [0.1, 0.15) is 0 Å². The third-order valence-electron chi connectivity index (χ3n) is 5.12. The Morgan fingerprint density at radius 1 is 1.32 bits per heavy atom. The molecule has 1 amide bonds. The Kier molecular flexibility index (Phi) is 4.30. The second kappa shape index (κ2) is 6.75. The van der Waals surface area contributed by atoms with E-state index in [1.54, 1.807) is 0 Å². The molecule has 0 bridgehead atoms. The van der Waals surface area contributed by atoms with Crippen molar-refractivity contribution in [3.8, 4) is 0 Å². The predicted octanol–water partition coefficient (Wildman–Crippen LogP) is 3.30. The Morgan fingerprint density at radius 2 is 2.20 bits per heavy atom. The molecule has 0 saturated carbocycles. The summed E-state index contributed by atoms with van der Waals surface area (Å²) in [6, 6.07) is 8.40. The van der Waals surface area contributed by atoms with E-state index in [9.17, 15) is 4.79 Å². The third kappa shape index (κ3) is 3.31. The standard InChI is InChI=1S/C20H24N4O/c1-15-11-22-23(13-15)14-17-6-4-5-9-24(17)20(25)10-16-12-21-19-8-3-2-7-18(16)19/h2-3,7-8,11-13,17,21H,4-6,9-10,14H2,1H3/t17-/m0/s1. The molecule has 1 fully saturated rings. The zero-order valence-corrected chi connectivity index (χ0v) is 14.6. The van der Waals surface area contributed by atoms with E-state index in [4.69, 9.17) is 0 Å². The van der Waals surface area contributed by atoms with Crippen LogP contribution in [0.2, 0.25) is 0 Å². The number of carbonyl (C=O) groups is 1. The van der Waals surface area contributed by atoms with E-state index in [1.165, 1.54) is 6.42 Å². The minimum atomic E-state index is 0.221. The molecule has 2 aromatic heterocycles. The van der Waals surface area contributed by atoms with Gasteiger partial charge in [-0.15, -0.1) is 0 Å². The maximum Gasteiger partial charge on any atom is 0.227 e. The summed E-state index contributed by atoms with van der Waals surface area (Å²) in [4.78, 5) is 18.3. The molecule has 1 saturated heterocycles. The molecule has 5 nitrogen and oxygen atoms in total. The van der Waals surface area contributed by atoms with E-state index in [0.717, 1.165) is 48.0 Å². The number of aromatic nitrogens is 3. The maximum atomic E-state index is 13.0. The maximum absolute atomic E-state index is 13.0. The molecule has 1 atom stereocenters. The molecule has 0 unspecified atom stereocenters. The number of para-hydroxylation sites is 1. The minimum Gasteiger partial charge on any atom is -0.361 e. The Hall–Kier alpha value is -2.56. The van der Waals surface area contributed by atoms with E-state index in [2.05, 4.69) is 27.2 Å². The Balaban J connectivity index is 1.50. The lowest BCUT2D eigenvalue weighted by molar-refractivity contribution is -0.134. The van der Waals surface area contributed by atoms with Crippen molar-refractivity contribution in [2.24, 2.45) is 0 Å². The lowest BCUT2D eigenvalue weighted by atomic mass is 10.0. The van der Waals surface area contributed by atoms with Gasteiger partial charge in [-0.05, 0) is 43.4 Å². The summed E-state index contributed by atoms with van der Waals surface area (Å²) in [6.45, 7) is 3.68. The number of carbonyl (C=O) groups excluding carboxylic acids is 1. The fraction of sp³-hybridized carbons (Fsp3) is 0.400. The lowest BCUT2D eigenvalue weighted by Crippen LogP contribution is -2.46. The van der Waals surface area contributed by atoms with Crippen LogP contribution in [0.3, 0.4) is 0 Å². The second-order valence-corrected chi connectivity index (χ2v) is 7.01. The number of amides is 1. The van der Waals surface area contributed by atoms with Gasteiger partial charge in [-0.3, -0.25) is 9.48 Å². The van der Waals surface area contributed by atoms with Crippen molar-refractivity contribution < 1.29 is 4.79 Å². The van der Waals surface area contributed by atoms with Crippen molar-refractivity contribution in [2.45, 2.75) is 45.2 Å². The number of piperidine rings is 1. The molecule has 1 aromatic carbocycles. The van der Waals surface area contributed by atoms with Crippen molar-refractivity contribution in [1.82, 2.24) is 19.7 Å². The van der Waals surface area contributed by atoms with Crippen LogP contribution in [0.4, 0.5) is 0 Å². The zero-order chi connectivity index (χ0) is 17.2. The van der Waals surface area contributed by atoms with Crippen LogP contribution in [0.15, 0.2) is 42.9 Å². The van der Waals surface area contributed by atoms with Gasteiger partial charge in [0.2, 0.25) is 5.91 Å². The predicted molar refractivity (Wildman–Crippen MR) is 98.3 cm³/mol. The number of rotatable bonds is 4. The number of aryl methyl sites for hydroxylation is 1. The first-order valence-electron chi connectivity index (χ1n) is 9.04. The van der Waals surface area contributed by atoms with Gasteiger partial charge in [0, 0.05) is 29.8 Å². The summed E-state index contributed by atoms with van der Waals surface area (Å²) >= 11 is 0. The first kappa shape index (κ1) is 15.9. The van der Waals surface area contributed by atoms with Crippen LogP contribution in [0.25, 0.3) is 10.9 Å². The van der Waals surface area contributed by atoms with E-state index >= 15 is 0 Å². The molecule has 130 valence electrons. The number of hydrogen-bond donors (Lipinski definition) is 1. The largest absolute Gasteiger partial charge is 0.361 e. The molecule has 0 aliphatic carbocycles. The van der Waals surface area contributed by atoms with Gasteiger partial charge in [0.05, 0.1) is 25.2 Å². The van der Waals surface area contributed by atoms with Crippen LogP contribution in [0.1, 0.15) is 30.4 Å². The summed E-state index contributed by atoms with van der Waals surface area (Å²) in [6.07, 6.45) is 9.68. The molecule has 3 aromatic rings. The van der Waals surface area contributed by atoms with Crippen LogP contribution in [0, 0.1) is 6.92 Å². The van der Waals surface area contributed by atoms with Crippen LogP contribution in [-0.2, 0) is 17.8 Å². The number of H-pyrrole nitrogens is 1. The van der Waals surface area contributed by atoms with E-state index in [1.807, 2.05) is 42.2 Å². The van der Waals surface area contributed by atoms with Crippen LogP contribution in [-0.4, -0.2) is 38.2 Å². The van der Waals surface area contributed by atoms with Crippen LogP contribution < -0.4 is 0 Å². The van der Waals surface area contributed by atoms with Crippen molar-refractivity contribution in [3.05, 3.63) is 54.0 Å². The molecule has 0 spiro atoms. The summed E-state index contributed by atoms with van der Waals surface area (Å²) in [5.74, 6) is 0.221. The van der Waals surface area contributed by atoms with Crippen molar-refractivity contribution in [3.63, 3.8) is 0 Å². The van der Waals surface area contributed by atoms with Gasteiger partial charge in [-0.25, -0.2) is 0 Å². The van der Waals surface area contributed by atoms with Gasteiger partial charge in [-0.2, -0.15) is 5.10 Å². The number of fused-ring (bicyclic) bond motifs is 1. The highest BCUT2D eigenvalue weighted by molar-refractivity contribution is 5.89. The molecule has 3 heterocycles. The lowest BCUT2D eigenvalue weighted by Gasteiger charge is -2.35. The normalized spacial score (nSPS) is 18.0. The summed E-state index contributed by atoms with van der Waals surface area (Å²) < 4.78 is 1.97. The third-order valence-corrected chi connectivity index (χ3v) is 5.12. The SMILES string of the molecule is Cc1cnn(C[C@@H]2CCCCN2C(=O)Cc2c[nH]c3ccccc23)c1. The number of benzene rings is 1. The smallest absolute Gasteiger partial charge is 0.227 e. The molecule has 1 N–H and O–H groups in total. The van der Waals surface area contributed by atoms with E-state index < -0.39 is 0 Å². The Bertz CT molecular complexity index is 879. The fourth-order valence-electron chi connectivity index (χ4n) is 3.84. The van der Waals surface area contributed by atoms with Gasteiger partial charge in [0.25, 0.3) is 0 Å². The average molecular weight is 336 g/mol. The molecule has 1 aliphatic heterocycles. The monoisotopic (exact) mass is 336 g/mol. The quantitative estimate of drug-likeness (QED) is 0.795. The van der Waals surface area contributed by atoms with Crippen molar-refractivity contribution in [2.75, 3.05) is 6.54 Å². The number of nitrogens with zero attached hydrogens (tertiary/aromatic N) is 3. The van der Waals surface area contributed by atoms with Gasteiger partial charge >= 0.3 is 0 Å². The number of likely N-dealkylation sites (tertiary alicyclic amines) is 1. The van der Waals surface area contributed by atoms with Crippen LogP contribution in [0.5, 0.6) is 0 Å². The molecule has 5 heteroatoms. The summed E-state index contributed by atoms with van der Waals surface area (Å²) in [7, 11) is 0. The Morgan fingerprint density at radius 3 is 3.04 bits per heavy atom. The van der Waals surface area contributed by atoms with Crippen LogP contribution >= 0.6 is 0 Å². The molecule has 1 aliphatic rings. The highest BCUT2D eigenvalue weighted by Crippen LogP contribution is 2.23.